The van der Waals surface area contributed by atoms with E-state index in [2.05, 4.69) is 0 Å². The lowest BCUT2D eigenvalue weighted by atomic mass is 9.89. The number of benzene rings is 1. The van der Waals surface area contributed by atoms with Gasteiger partial charge in [0.25, 0.3) is 0 Å². The summed E-state index contributed by atoms with van der Waals surface area (Å²) in [5, 5.41) is 10.4. The molecule has 8 nitrogen and oxygen atoms in total. The molecule has 0 saturated carbocycles. The zero-order valence-corrected chi connectivity index (χ0v) is 17.0. The van der Waals surface area contributed by atoms with Gasteiger partial charge >= 0.3 is 0 Å². The fraction of sp³-hybridized carbons (Fsp3) is 0.474. The molecule has 1 aliphatic heterocycles. The van der Waals surface area contributed by atoms with Gasteiger partial charge in [0.05, 0.1) is 16.9 Å². The van der Waals surface area contributed by atoms with E-state index in [1.165, 1.54) is 0 Å². The maximum absolute atomic E-state index is 12.6. The number of ketones is 1. The summed E-state index contributed by atoms with van der Waals surface area (Å²) in [5.74, 6) is -0.381. The molecule has 0 spiro atoms. The lowest BCUT2D eigenvalue weighted by Gasteiger charge is -2.35. The van der Waals surface area contributed by atoms with Crippen LogP contribution in [0.4, 0.5) is 0 Å². The van der Waals surface area contributed by atoms with Crippen LogP contribution in [0.25, 0.3) is 6.08 Å². The Morgan fingerprint density at radius 1 is 1.32 bits per heavy atom. The van der Waals surface area contributed by atoms with Crippen LogP contribution in [0, 0.1) is 13.8 Å². The average Bonchev–Trinajstić information content (AvgIpc) is 2.65. The number of aliphatic hydroxyl groups is 1. The molecule has 1 aromatic carbocycles. The van der Waals surface area contributed by atoms with Crippen molar-refractivity contribution in [2.24, 2.45) is 11.5 Å². The number of nitrogens with zero attached hydrogens (tertiary/aromatic N) is 1. The van der Waals surface area contributed by atoms with Gasteiger partial charge in [-0.1, -0.05) is 0 Å². The topological polar surface area (TPSA) is 142 Å². The first kappa shape index (κ1) is 22.4. The molecule has 0 bridgehead atoms. The number of piperidine rings is 1. The van der Waals surface area contributed by atoms with Crippen LogP contribution in [-0.2, 0) is 21.0 Å². The number of nitrogens with two attached hydrogens (primary N) is 2. The Hall–Kier alpha value is -1.91. The van der Waals surface area contributed by atoms with Gasteiger partial charge in [0, 0.05) is 13.1 Å². The summed E-state index contributed by atoms with van der Waals surface area (Å²) in [6.45, 7) is 3.92. The Kier molecular flexibility index (Phi) is 7.62. The lowest BCUT2D eigenvalue weighted by molar-refractivity contribution is -0.124. The van der Waals surface area contributed by atoms with Gasteiger partial charge in [-0.05, 0) is 61.6 Å². The molecule has 0 aliphatic carbocycles. The molecule has 5 N–H and O–H groups in total. The molecule has 1 atom stereocenters. The third kappa shape index (κ3) is 5.55. The van der Waals surface area contributed by atoms with Crippen LogP contribution in [0.3, 0.4) is 0 Å². The fourth-order valence-electron chi connectivity index (χ4n) is 3.01. The minimum atomic E-state index is -1.34. The second-order valence-corrected chi connectivity index (χ2v) is 8.33. The smallest absolute Gasteiger partial charge is 0.237 e. The van der Waals surface area contributed by atoms with Gasteiger partial charge in [-0.2, -0.15) is 0 Å². The molecule has 28 heavy (non-hydrogen) atoms. The van der Waals surface area contributed by atoms with E-state index in [-0.39, 0.29) is 6.61 Å². The van der Waals surface area contributed by atoms with Crippen LogP contribution >= 0.6 is 0 Å². The number of aryl methyl sites for hydroxylation is 2. The van der Waals surface area contributed by atoms with E-state index in [0.29, 0.717) is 31.7 Å². The molecule has 0 radical (unpaired) electrons. The second-order valence-electron chi connectivity index (χ2n) is 6.98. The molecule has 1 heterocycles. The summed E-state index contributed by atoms with van der Waals surface area (Å²) in [6.07, 6.45) is 2.54. The number of primary amides is 1. The van der Waals surface area contributed by atoms with Gasteiger partial charge in [-0.15, -0.1) is 4.31 Å². The summed E-state index contributed by atoms with van der Waals surface area (Å²) in [7, 11) is 0. The predicted octanol–water partition coefficient (Wildman–Crippen LogP) is 0.157. The number of carbonyl (C=O) groups excluding carboxylic acids is 2. The molecule has 1 saturated heterocycles. The number of rotatable bonds is 8. The number of carbonyl (C=O) groups is 2. The zero-order chi connectivity index (χ0) is 20.9. The van der Waals surface area contributed by atoms with Crippen molar-refractivity contribution in [1.82, 2.24) is 4.31 Å². The first-order valence-corrected chi connectivity index (χ1v) is 10.1. The lowest BCUT2D eigenvalue weighted by Crippen LogP contribution is -2.58. The Labute approximate surface area is 167 Å². The predicted molar refractivity (Wildman–Crippen MR) is 108 cm³/mol. The quantitative estimate of drug-likeness (QED) is 0.519. The van der Waals surface area contributed by atoms with Crippen molar-refractivity contribution in [1.29, 1.82) is 0 Å². The summed E-state index contributed by atoms with van der Waals surface area (Å²) >= 11 is -1.34. The Morgan fingerprint density at radius 3 is 2.39 bits per heavy atom. The molecule has 0 aromatic heterocycles. The Balaban J connectivity index is 2.01. The highest BCUT2D eigenvalue weighted by Crippen LogP contribution is 2.25. The number of Topliss-reactive ketones (excluding diaryl/α,β-unsaturated/α-hetero) is 1. The maximum Gasteiger partial charge on any atom is 0.237 e. The van der Waals surface area contributed by atoms with E-state index in [1.54, 1.807) is 27.9 Å². The van der Waals surface area contributed by atoms with E-state index < -0.39 is 35.2 Å². The van der Waals surface area contributed by atoms with Crippen LogP contribution in [0.1, 0.15) is 29.5 Å². The molecular weight excluding hydrogens is 382 g/mol. The molecular formula is C19H27N3O5S. The van der Waals surface area contributed by atoms with Gasteiger partial charge in [0.1, 0.15) is 24.4 Å². The Morgan fingerprint density at radius 2 is 1.89 bits per heavy atom. The fourth-order valence-corrected chi connectivity index (χ4v) is 3.98. The molecule has 1 amide bonds. The summed E-state index contributed by atoms with van der Waals surface area (Å²) < 4.78 is 19.7. The largest absolute Gasteiger partial charge is 0.593 e. The van der Waals surface area contributed by atoms with E-state index in [9.17, 15) is 14.1 Å². The molecule has 1 fully saturated rings. The van der Waals surface area contributed by atoms with Crippen molar-refractivity contribution in [3.8, 4) is 5.75 Å². The first-order chi connectivity index (χ1) is 13.2. The van der Waals surface area contributed by atoms with Crippen molar-refractivity contribution in [2.45, 2.75) is 32.2 Å². The standard InChI is InChI=1S/C19H27N3O5S/c1-13-9-16(27-12-15(24)11-23)10-14(2)17(13)3-8-28(26)22-6-4-19(21,5-7-22)18(20)25/h3,8-10,23H,4-7,11-12,21H2,1-2H3,(H2,20,25)/b8-3+. The van der Waals surface area contributed by atoms with E-state index in [4.69, 9.17) is 21.3 Å². The minimum Gasteiger partial charge on any atom is -0.593 e. The van der Waals surface area contributed by atoms with Crippen LogP contribution in [-0.4, -0.2) is 57.5 Å². The van der Waals surface area contributed by atoms with Crippen molar-refractivity contribution in [3.05, 3.63) is 34.2 Å². The van der Waals surface area contributed by atoms with Gasteiger partial charge in [0.15, 0.2) is 5.78 Å². The Bertz CT molecular complexity index is 737. The van der Waals surface area contributed by atoms with Crippen LogP contribution in [0.2, 0.25) is 0 Å². The molecule has 1 aromatic rings. The second kappa shape index (κ2) is 9.53. The van der Waals surface area contributed by atoms with Crippen molar-refractivity contribution in [2.75, 3.05) is 26.3 Å². The SMILES string of the molecule is Cc1cc(OCC(=O)CO)cc(C)c1/C=C/[S+]([O-])N1CCC(N)(C(N)=O)CC1. The highest BCUT2D eigenvalue weighted by atomic mass is 32.2. The van der Waals surface area contributed by atoms with Gasteiger partial charge in [0.2, 0.25) is 5.91 Å². The zero-order valence-electron chi connectivity index (χ0n) is 16.1. The highest BCUT2D eigenvalue weighted by Gasteiger charge is 2.38. The number of ether oxygens (including phenoxy) is 1. The summed E-state index contributed by atoms with van der Waals surface area (Å²) in [4.78, 5) is 22.6. The normalized spacial score (nSPS) is 18.2. The maximum atomic E-state index is 12.6. The first-order valence-electron chi connectivity index (χ1n) is 8.95. The molecule has 9 heteroatoms. The van der Waals surface area contributed by atoms with Crippen molar-refractivity contribution < 1.29 is 24.0 Å². The molecule has 1 unspecified atom stereocenters. The van der Waals surface area contributed by atoms with Crippen LogP contribution in [0.15, 0.2) is 17.5 Å². The van der Waals surface area contributed by atoms with Gasteiger partial charge in [-0.3, -0.25) is 9.59 Å². The van der Waals surface area contributed by atoms with Gasteiger partial charge < -0.3 is 25.9 Å². The number of aliphatic hydroxyl groups excluding tert-OH is 1. The molecule has 1 aliphatic rings. The van der Waals surface area contributed by atoms with Crippen molar-refractivity contribution >= 4 is 29.1 Å². The third-order valence-corrected chi connectivity index (χ3v) is 6.10. The summed E-state index contributed by atoms with van der Waals surface area (Å²) in [5.41, 5.74) is 13.0. The third-order valence-electron chi connectivity index (χ3n) is 4.85. The van der Waals surface area contributed by atoms with E-state index >= 15 is 0 Å². The van der Waals surface area contributed by atoms with E-state index in [0.717, 1.165) is 16.7 Å². The van der Waals surface area contributed by atoms with Crippen LogP contribution < -0.4 is 16.2 Å². The van der Waals surface area contributed by atoms with E-state index in [1.807, 2.05) is 13.8 Å². The monoisotopic (exact) mass is 409 g/mol. The van der Waals surface area contributed by atoms with Crippen molar-refractivity contribution in [3.63, 3.8) is 0 Å². The number of hydrogen-bond donors (Lipinski definition) is 3. The van der Waals surface area contributed by atoms with Crippen LogP contribution in [0.5, 0.6) is 5.75 Å². The number of hydrogen-bond acceptors (Lipinski definition) is 7. The highest BCUT2D eigenvalue weighted by molar-refractivity contribution is 7.92. The molecule has 154 valence electrons. The molecule has 2 rings (SSSR count). The average molecular weight is 410 g/mol. The summed E-state index contributed by atoms with van der Waals surface area (Å²) in [6, 6.07) is 3.58. The number of amides is 1. The van der Waals surface area contributed by atoms with Gasteiger partial charge in [-0.25, -0.2) is 0 Å². The minimum absolute atomic E-state index is 0.183.